The zero-order valence-electron chi connectivity index (χ0n) is 11.2. The summed E-state index contributed by atoms with van der Waals surface area (Å²) < 4.78 is 0. The molecule has 1 unspecified atom stereocenters. The lowest BCUT2D eigenvalue weighted by Crippen LogP contribution is -2.56. The minimum absolute atomic E-state index is 0.0186. The Hall–Kier alpha value is -0.710. The molecular formula is C13H22N2O2S. The fraction of sp³-hybridized carbons (Fsp3) is 0.846. The van der Waals surface area contributed by atoms with Crippen molar-refractivity contribution < 1.29 is 9.59 Å². The molecule has 102 valence electrons. The van der Waals surface area contributed by atoms with Gasteiger partial charge in [0.15, 0.2) is 0 Å². The van der Waals surface area contributed by atoms with Gasteiger partial charge in [0.2, 0.25) is 11.8 Å². The Morgan fingerprint density at radius 2 is 2.17 bits per heavy atom. The molecule has 2 amide bonds. The van der Waals surface area contributed by atoms with Crippen LogP contribution in [-0.4, -0.2) is 47.4 Å². The largest absolute Gasteiger partial charge is 0.342 e. The Morgan fingerprint density at radius 3 is 2.78 bits per heavy atom. The first-order chi connectivity index (χ1) is 8.58. The minimum atomic E-state index is -0.646. The SMILES string of the molecule is CSCCCN1CCC(=O)NC(C)(C2CC2)C1=O. The van der Waals surface area contributed by atoms with Crippen LogP contribution in [0.1, 0.15) is 32.6 Å². The van der Waals surface area contributed by atoms with E-state index in [-0.39, 0.29) is 11.8 Å². The summed E-state index contributed by atoms with van der Waals surface area (Å²) >= 11 is 1.80. The normalized spacial score (nSPS) is 29.1. The molecule has 1 aliphatic carbocycles. The lowest BCUT2D eigenvalue weighted by Gasteiger charge is -2.32. The Balaban J connectivity index is 2.06. The van der Waals surface area contributed by atoms with Crippen molar-refractivity contribution in [2.45, 2.75) is 38.1 Å². The van der Waals surface area contributed by atoms with E-state index in [1.165, 1.54) is 0 Å². The molecule has 0 aromatic rings. The van der Waals surface area contributed by atoms with E-state index in [9.17, 15) is 9.59 Å². The predicted octanol–water partition coefficient (Wildman–Crippen LogP) is 1.26. The number of nitrogens with zero attached hydrogens (tertiary/aromatic N) is 1. The summed E-state index contributed by atoms with van der Waals surface area (Å²) in [6.07, 6.45) is 5.63. The van der Waals surface area contributed by atoms with E-state index >= 15 is 0 Å². The van der Waals surface area contributed by atoms with Crippen molar-refractivity contribution in [2.24, 2.45) is 5.92 Å². The first-order valence-corrected chi connectivity index (χ1v) is 8.06. The molecule has 18 heavy (non-hydrogen) atoms. The summed E-state index contributed by atoms with van der Waals surface area (Å²) in [6, 6.07) is 0. The molecule has 1 saturated heterocycles. The van der Waals surface area contributed by atoms with Crippen LogP contribution in [0.15, 0.2) is 0 Å². The molecule has 2 rings (SSSR count). The van der Waals surface area contributed by atoms with Crippen LogP contribution >= 0.6 is 11.8 Å². The van der Waals surface area contributed by atoms with Gasteiger partial charge < -0.3 is 10.2 Å². The first-order valence-electron chi connectivity index (χ1n) is 6.67. The van der Waals surface area contributed by atoms with E-state index in [0.717, 1.165) is 31.6 Å². The molecule has 1 heterocycles. The smallest absolute Gasteiger partial charge is 0.248 e. The molecule has 4 nitrogen and oxygen atoms in total. The number of hydrogen-bond acceptors (Lipinski definition) is 3. The number of nitrogens with one attached hydrogen (secondary N) is 1. The predicted molar refractivity (Wildman–Crippen MR) is 73.5 cm³/mol. The van der Waals surface area contributed by atoms with Gasteiger partial charge in [-0.05, 0) is 44.1 Å². The third-order valence-corrected chi connectivity index (χ3v) is 4.61. The maximum atomic E-state index is 12.6. The zero-order valence-corrected chi connectivity index (χ0v) is 12.0. The second-order valence-electron chi connectivity index (χ2n) is 5.41. The lowest BCUT2D eigenvalue weighted by atomic mass is 9.94. The molecule has 0 bridgehead atoms. The van der Waals surface area contributed by atoms with Gasteiger partial charge in [-0.25, -0.2) is 0 Å². The standard InChI is InChI=1S/C13H22N2O2S/c1-13(10-4-5-10)12(17)15(7-3-9-18-2)8-6-11(16)14-13/h10H,3-9H2,1-2H3,(H,14,16). The maximum absolute atomic E-state index is 12.6. The average molecular weight is 270 g/mol. The van der Waals surface area contributed by atoms with Crippen LogP contribution in [0.25, 0.3) is 0 Å². The van der Waals surface area contributed by atoms with Gasteiger partial charge in [-0.3, -0.25) is 9.59 Å². The summed E-state index contributed by atoms with van der Waals surface area (Å²) in [5, 5.41) is 2.95. The van der Waals surface area contributed by atoms with Gasteiger partial charge in [-0.2, -0.15) is 11.8 Å². The van der Waals surface area contributed by atoms with Crippen LogP contribution in [-0.2, 0) is 9.59 Å². The van der Waals surface area contributed by atoms with Crippen LogP contribution in [0.4, 0.5) is 0 Å². The third-order valence-electron chi connectivity index (χ3n) is 3.91. The van der Waals surface area contributed by atoms with Gasteiger partial charge in [0.1, 0.15) is 5.54 Å². The van der Waals surface area contributed by atoms with Gasteiger partial charge in [0.25, 0.3) is 0 Å². The van der Waals surface area contributed by atoms with Gasteiger partial charge in [-0.1, -0.05) is 0 Å². The second kappa shape index (κ2) is 5.51. The molecule has 1 saturated carbocycles. The third kappa shape index (κ3) is 2.82. The van der Waals surface area contributed by atoms with E-state index in [1.54, 1.807) is 11.8 Å². The molecule has 0 aromatic heterocycles. The molecule has 1 atom stereocenters. The van der Waals surface area contributed by atoms with Crippen LogP contribution in [0.2, 0.25) is 0 Å². The van der Waals surface area contributed by atoms with Gasteiger partial charge >= 0.3 is 0 Å². The van der Waals surface area contributed by atoms with Crippen molar-refractivity contribution in [1.29, 1.82) is 0 Å². The summed E-state index contributed by atoms with van der Waals surface area (Å²) in [6.45, 7) is 3.25. The fourth-order valence-corrected chi connectivity index (χ4v) is 3.04. The highest BCUT2D eigenvalue weighted by Gasteiger charge is 2.50. The molecule has 0 radical (unpaired) electrons. The number of carbonyl (C=O) groups is 2. The number of carbonyl (C=O) groups excluding carboxylic acids is 2. The maximum Gasteiger partial charge on any atom is 0.248 e. The highest BCUT2D eigenvalue weighted by Crippen LogP contribution is 2.41. The van der Waals surface area contributed by atoms with Crippen LogP contribution in [0.3, 0.4) is 0 Å². The molecule has 2 aliphatic rings. The summed E-state index contributed by atoms with van der Waals surface area (Å²) in [5.41, 5.74) is -0.646. The molecular weight excluding hydrogens is 248 g/mol. The minimum Gasteiger partial charge on any atom is -0.342 e. The topological polar surface area (TPSA) is 49.4 Å². The van der Waals surface area contributed by atoms with Crippen molar-refractivity contribution in [1.82, 2.24) is 10.2 Å². The van der Waals surface area contributed by atoms with Crippen LogP contribution in [0.5, 0.6) is 0 Å². The van der Waals surface area contributed by atoms with E-state index in [0.29, 0.717) is 18.9 Å². The Labute approximate surface area is 113 Å². The van der Waals surface area contributed by atoms with E-state index in [4.69, 9.17) is 0 Å². The van der Waals surface area contributed by atoms with Crippen LogP contribution in [0, 0.1) is 5.92 Å². The molecule has 0 aromatic carbocycles. The Kier molecular flexibility index (Phi) is 4.20. The van der Waals surface area contributed by atoms with Crippen molar-refractivity contribution in [3.8, 4) is 0 Å². The van der Waals surface area contributed by atoms with Gasteiger partial charge in [0.05, 0.1) is 0 Å². The molecule has 0 spiro atoms. The summed E-state index contributed by atoms with van der Waals surface area (Å²) in [4.78, 5) is 26.2. The molecule has 1 aliphatic heterocycles. The number of rotatable bonds is 5. The van der Waals surface area contributed by atoms with E-state index < -0.39 is 5.54 Å². The monoisotopic (exact) mass is 270 g/mol. The average Bonchev–Trinajstić information content (AvgIpc) is 3.16. The molecule has 5 heteroatoms. The summed E-state index contributed by atoms with van der Waals surface area (Å²) in [7, 11) is 0. The highest BCUT2D eigenvalue weighted by molar-refractivity contribution is 7.98. The van der Waals surface area contributed by atoms with Crippen LogP contribution < -0.4 is 5.32 Å². The van der Waals surface area contributed by atoms with E-state index in [2.05, 4.69) is 11.6 Å². The Bertz CT molecular complexity index is 344. The number of amides is 2. The fourth-order valence-electron chi connectivity index (χ4n) is 2.62. The highest BCUT2D eigenvalue weighted by atomic mass is 32.2. The quantitative estimate of drug-likeness (QED) is 0.765. The number of hydrogen-bond donors (Lipinski definition) is 1. The first kappa shape index (κ1) is 13.7. The van der Waals surface area contributed by atoms with Crippen molar-refractivity contribution in [2.75, 3.05) is 25.1 Å². The van der Waals surface area contributed by atoms with Gasteiger partial charge in [0, 0.05) is 19.5 Å². The van der Waals surface area contributed by atoms with Crippen molar-refractivity contribution in [3.05, 3.63) is 0 Å². The lowest BCUT2D eigenvalue weighted by molar-refractivity contribution is -0.139. The Morgan fingerprint density at radius 1 is 1.44 bits per heavy atom. The zero-order chi connectivity index (χ0) is 13.2. The van der Waals surface area contributed by atoms with Crippen molar-refractivity contribution >= 4 is 23.6 Å². The molecule has 1 N–H and O–H groups in total. The van der Waals surface area contributed by atoms with E-state index in [1.807, 2.05) is 11.8 Å². The number of thioether (sulfide) groups is 1. The van der Waals surface area contributed by atoms with Crippen molar-refractivity contribution in [3.63, 3.8) is 0 Å². The second-order valence-corrected chi connectivity index (χ2v) is 6.40. The van der Waals surface area contributed by atoms with Gasteiger partial charge in [-0.15, -0.1) is 0 Å². The summed E-state index contributed by atoms with van der Waals surface area (Å²) in [5.74, 6) is 1.54. The molecule has 2 fully saturated rings.